The van der Waals surface area contributed by atoms with Crippen LogP contribution in [0.3, 0.4) is 0 Å². The molecule has 0 saturated heterocycles. The number of halogens is 5. The molecule has 5 N–H and O–H groups in total. The Kier molecular flexibility index (Phi) is 8.90. The van der Waals surface area contributed by atoms with Gasteiger partial charge in [-0.25, -0.2) is 18.9 Å². The summed E-state index contributed by atoms with van der Waals surface area (Å²) in [6, 6.07) is 3.49. The summed E-state index contributed by atoms with van der Waals surface area (Å²) in [4.78, 5) is 8.90. The zero-order chi connectivity index (χ0) is 22.2. The van der Waals surface area contributed by atoms with Crippen LogP contribution in [0.1, 0.15) is 11.4 Å². The number of hydroxylamine groups is 1. The number of aliphatic hydroxyl groups is 1. The minimum Gasteiger partial charge on any atom is -0.475 e. The maximum Gasteiger partial charge on any atom is 0.490 e. The second-order valence-electron chi connectivity index (χ2n) is 5.02. The summed E-state index contributed by atoms with van der Waals surface area (Å²) in [6.07, 6.45) is -5.08. The minimum absolute atomic E-state index is 0.00777. The van der Waals surface area contributed by atoms with Crippen LogP contribution in [0.25, 0.3) is 0 Å². The van der Waals surface area contributed by atoms with E-state index in [0.717, 1.165) is 6.07 Å². The van der Waals surface area contributed by atoms with E-state index in [-0.39, 0.29) is 35.2 Å². The summed E-state index contributed by atoms with van der Waals surface area (Å²) in [5.41, 5.74) is 0.382. The predicted octanol–water partition coefficient (Wildman–Crippen LogP) is 1.80. The molecular formula is C14H14ClF4N5O5. The number of nitrogens with one attached hydrogen (secondary N) is 2. The van der Waals surface area contributed by atoms with E-state index in [2.05, 4.69) is 20.3 Å². The third-order valence-corrected chi connectivity index (χ3v) is 3.25. The van der Waals surface area contributed by atoms with Crippen LogP contribution in [0.4, 0.5) is 23.2 Å². The van der Waals surface area contributed by atoms with Crippen molar-refractivity contribution in [3.05, 3.63) is 40.4 Å². The van der Waals surface area contributed by atoms with Crippen molar-refractivity contribution in [3.8, 4) is 0 Å². The number of carboxylic acids is 1. The molecule has 0 aliphatic heterocycles. The zero-order valence-corrected chi connectivity index (χ0v) is 15.0. The van der Waals surface area contributed by atoms with E-state index in [4.69, 9.17) is 32.0 Å². The van der Waals surface area contributed by atoms with Crippen molar-refractivity contribution in [1.82, 2.24) is 15.6 Å². The number of carbonyl (C=O) groups is 1. The van der Waals surface area contributed by atoms with Crippen LogP contribution in [0.5, 0.6) is 0 Å². The number of aromatic nitrogens is 2. The fourth-order valence-electron chi connectivity index (χ4n) is 1.63. The lowest BCUT2D eigenvalue weighted by Crippen LogP contribution is -2.29. The van der Waals surface area contributed by atoms with E-state index in [1.807, 2.05) is 0 Å². The first-order valence-corrected chi connectivity index (χ1v) is 7.83. The molecule has 0 bridgehead atoms. The number of alkyl halides is 3. The Labute approximate surface area is 164 Å². The number of nitrogens with zero attached hydrogens (tertiary/aromatic N) is 3. The fraction of sp³-hybridized carbons (Fsp3) is 0.286. The predicted molar refractivity (Wildman–Crippen MR) is 89.3 cm³/mol. The smallest absolute Gasteiger partial charge is 0.475 e. The standard InChI is InChI=1S/C12H13ClFN5O3.C2HF3O2/c13-8-5-7(1-2-9(8)14)19(21)12(15)11-10(17-22-18-11)6-16-3-4-20;3-2(4,5)1(6)7/h1-2,5,15-16,20-21H,3-4,6H2;(H,6,7). The average molecular weight is 444 g/mol. The summed E-state index contributed by atoms with van der Waals surface area (Å²) in [6.45, 7) is 0.466. The lowest BCUT2D eigenvalue weighted by molar-refractivity contribution is -0.192. The summed E-state index contributed by atoms with van der Waals surface area (Å²) in [7, 11) is 0. The molecule has 15 heteroatoms. The molecular weight excluding hydrogens is 430 g/mol. The third-order valence-electron chi connectivity index (χ3n) is 2.96. The van der Waals surface area contributed by atoms with Gasteiger partial charge in [0.2, 0.25) is 0 Å². The molecule has 1 aromatic heterocycles. The Morgan fingerprint density at radius 1 is 1.34 bits per heavy atom. The first-order valence-electron chi connectivity index (χ1n) is 7.45. The van der Waals surface area contributed by atoms with Crippen molar-refractivity contribution in [2.75, 3.05) is 18.2 Å². The summed E-state index contributed by atoms with van der Waals surface area (Å²) >= 11 is 5.64. The number of benzene rings is 1. The lowest BCUT2D eigenvalue weighted by atomic mass is 10.2. The van der Waals surface area contributed by atoms with Crippen LogP contribution < -0.4 is 10.4 Å². The number of amidine groups is 1. The van der Waals surface area contributed by atoms with E-state index in [0.29, 0.717) is 11.6 Å². The normalized spacial score (nSPS) is 10.9. The Bertz CT molecular complexity index is 848. The highest BCUT2D eigenvalue weighted by Gasteiger charge is 2.38. The van der Waals surface area contributed by atoms with E-state index in [1.165, 1.54) is 12.1 Å². The number of aliphatic carboxylic acids is 1. The third kappa shape index (κ3) is 7.26. The largest absolute Gasteiger partial charge is 0.490 e. The van der Waals surface area contributed by atoms with E-state index in [1.54, 1.807) is 0 Å². The van der Waals surface area contributed by atoms with Crippen LogP contribution >= 0.6 is 11.6 Å². The number of aliphatic hydroxyl groups excluding tert-OH is 1. The fourth-order valence-corrected chi connectivity index (χ4v) is 1.81. The highest BCUT2D eigenvalue weighted by Crippen LogP contribution is 2.23. The minimum atomic E-state index is -5.08. The molecule has 0 saturated carbocycles. The summed E-state index contributed by atoms with van der Waals surface area (Å²) < 4.78 is 49.4. The van der Waals surface area contributed by atoms with Crippen molar-refractivity contribution in [2.45, 2.75) is 12.7 Å². The second kappa shape index (κ2) is 10.7. The van der Waals surface area contributed by atoms with Crippen LogP contribution in [0.15, 0.2) is 22.8 Å². The monoisotopic (exact) mass is 443 g/mol. The van der Waals surface area contributed by atoms with Crippen LogP contribution in [0, 0.1) is 11.2 Å². The van der Waals surface area contributed by atoms with Gasteiger partial charge in [-0.05, 0) is 23.4 Å². The van der Waals surface area contributed by atoms with Crippen molar-refractivity contribution >= 4 is 29.1 Å². The maximum atomic E-state index is 13.1. The first kappa shape index (κ1) is 24.2. The van der Waals surface area contributed by atoms with Crippen LogP contribution in [0.2, 0.25) is 5.02 Å². The first-order chi connectivity index (χ1) is 13.5. The van der Waals surface area contributed by atoms with Crippen molar-refractivity contribution in [2.24, 2.45) is 0 Å². The quantitative estimate of drug-likeness (QED) is 0.148. The van der Waals surface area contributed by atoms with Crippen LogP contribution in [-0.2, 0) is 11.3 Å². The molecule has 0 atom stereocenters. The van der Waals surface area contributed by atoms with E-state index >= 15 is 0 Å². The highest BCUT2D eigenvalue weighted by atomic mass is 35.5. The number of anilines is 1. The number of hydrogen-bond acceptors (Lipinski definition) is 8. The van der Waals surface area contributed by atoms with Gasteiger partial charge in [-0.15, -0.1) is 0 Å². The van der Waals surface area contributed by atoms with Gasteiger partial charge < -0.3 is 15.5 Å². The topological polar surface area (TPSA) is 156 Å². The maximum absolute atomic E-state index is 13.1. The molecule has 160 valence electrons. The van der Waals surface area contributed by atoms with Gasteiger partial charge in [-0.3, -0.25) is 10.6 Å². The lowest BCUT2D eigenvalue weighted by Gasteiger charge is -2.16. The van der Waals surface area contributed by atoms with Gasteiger partial charge >= 0.3 is 12.1 Å². The molecule has 0 radical (unpaired) electrons. The van der Waals surface area contributed by atoms with Crippen molar-refractivity contribution in [1.29, 1.82) is 5.41 Å². The van der Waals surface area contributed by atoms with E-state index < -0.39 is 23.8 Å². The van der Waals surface area contributed by atoms with Gasteiger partial charge in [0.15, 0.2) is 11.5 Å². The molecule has 10 nitrogen and oxygen atoms in total. The molecule has 0 fully saturated rings. The van der Waals surface area contributed by atoms with Gasteiger partial charge in [0.25, 0.3) is 0 Å². The van der Waals surface area contributed by atoms with Crippen molar-refractivity contribution in [3.63, 3.8) is 0 Å². The number of hydrogen-bond donors (Lipinski definition) is 5. The van der Waals surface area contributed by atoms with Crippen LogP contribution in [-0.4, -0.2) is 56.9 Å². The van der Waals surface area contributed by atoms with E-state index in [9.17, 15) is 22.8 Å². The molecule has 29 heavy (non-hydrogen) atoms. The molecule has 0 aliphatic carbocycles. The number of rotatable bonds is 6. The SMILES string of the molecule is N=C(c1nonc1CNCCO)N(O)c1ccc(F)c(Cl)c1.O=C(O)C(F)(F)F. The Morgan fingerprint density at radius 2 is 1.97 bits per heavy atom. The molecule has 0 amide bonds. The van der Waals surface area contributed by atoms with Gasteiger partial charge in [-0.1, -0.05) is 16.8 Å². The Balaban J connectivity index is 0.000000516. The Morgan fingerprint density at radius 3 is 2.48 bits per heavy atom. The Hall–Kier alpha value is -2.81. The molecule has 1 aromatic carbocycles. The van der Waals surface area contributed by atoms with Gasteiger partial charge in [-0.2, -0.15) is 13.2 Å². The highest BCUT2D eigenvalue weighted by molar-refractivity contribution is 6.31. The summed E-state index contributed by atoms with van der Waals surface area (Å²) in [5.74, 6) is -3.81. The molecule has 0 aliphatic rings. The second-order valence-corrected chi connectivity index (χ2v) is 5.43. The van der Waals surface area contributed by atoms with Gasteiger partial charge in [0, 0.05) is 13.1 Å². The number of carboxylic acid groups (broad SMARTS) is 1. The molecule has 2 aromatic rings. The molecule has 0 spiro atoms. The molecule has 1 heterocycles. The van der Waals surface area contributed by atoms with Gasteiger partial charge in [0.05, 0.1) is 17.3 Å². The molecule has 2 rings (SSSR count). The zero-order valence-electron chi connectivity index (χ0n) is 14.2. The average Bonchev–Trinajstić information content (AvgIpc) is 3.11. The van der Waals surface area contributed by atoms with Crippen molar-refractivity contribution < 1.29 is 42.4 Å². The summed E-state index contributed by atoms with van der Waals surface area (Å²) in [5, 5.41) is 44.1. The van der Waals surface area contributed by atoms with Gasteiger partial charge in [0.1, 0.15) is 11.5 Å². The molecule has 0 unspecified atom stereocenters.